The van der Waals surface area contributed by atoms with Crippen molar-refractivity contribution in [2.45, 2.75) is 168 Å². The lowest BCUT2D eigenvalue weighted by molar-refractivity contribution is -0.154. The lowest BCUT2D eigenvalue weighted by Gasteiger charge is -2.15. The molecule has 1 N–H and O–H groups in total. The summed E-state index contributed by atoms with van der Waals surface area (Å²) >= 11 is 0. The van der Waals surface area contributed by atoms with Gasteiger partial charge in [-0.3, -0.25) is 4.79 Å². The summed E-state index contributed by atoms with van der Waals surface area (Å²) in [7, 11) is 0. The predicted octanol–water partition coefficient (Wildman–Crippen LogP) is 13.4. The number of esters is 1. The number of hydrogen-bond acceptors (Lipinski definition) is 4. The van der Waals surface area contributed by atoms with Crippen molar-refractivity contribution in [3.63, 3.8) is 0 Å². The maximum atomic E-state index is 12.2. The summed E-state index contributed by atoms with van der Waals surface area (Å²) in [5, 5.41) is 9.58. The van der Waals surface area contributed by atoms with Gasteiger partial charge >= 0.3 is 5.97 Å². The van der Waals surface area contributed by atoms with Crippen LogP contribution in [-0.2, 0) is 14.3 Å². The average Bonchev–Trinajstić information content (AvgIpc) is 3.12. The second kappa shape index (κ2) is 42.5. The molecule has 0 bridgehead atoms. The molecule has 0 radical (unpaired) electrons. The van der Waals surface area contributed by atoms with Gasteiger partial charge in [0.05, 0.1) is 13.2 Å². The third-order valence-electron chi connectivity index (χ3n) is 8.14. The second-order valence-corrected chi connectivity index (χ2v) is 13.0. The van der Waals surface area contributed by atoms with Gasteiger partial charge in [-0.2, -0.15) is 0 Å². The molecule has 284 valence electrons. The molecule has 1 unspecified atom stereocenters. The van der Waals surface area contributed by atoms with Crippen molar-refractivity contribution in [3.05, 3.63) is 97.2 Å². The molecule has 0 aromatic carbocycles. The summed E-state index contributed by atoms with van der Waals surface area (Å²) in [6, 6.07) is 0. The van der Waals surface area contributed by atoms with E-state index in [1.807, 2.05) is 0 Å². The zero-order valence-corrected chi connectivity index (χ0v) is 32.4. The first-order valence-corrected chi connectivity index (χ1v) is 20.3. The molecule has 0 fully saturated rings. The summed E-state index contributed by atoms with van der Waals surface area (Å²) in [5.74, 6) is -0.231. The first-order valence-electron chi connectivity index (χ1n) is 20.3. The minimum absolute atomic E-state index is 0.198. The first-order chi connectivity index (χ1) is 24.7. The van der Waals surface area contributed by atoms with Crippen molar-refractivity contribution in [1.82, 2.24) is 0 Å². The van der Waals surface area contributed by atoms with E-state index in [2.05, 4.69) is 111 Å². The molecule has 4 nitrogen and oxygen atoms in total. The molecule has 0 aliphatic heterocycles. The summed E-state index contributed by atoms with van der Waals surface area (Å²) in [6.45, 7) is 5.10. The van der Waals surface area contributed by atoms with Gasteiger partial charge < -0.3 is 14.6 Å². The van der Waals surface area contributed by atoms with Crippen LogP contribution in [0.15, 0.2) is 97.2 Å². The fourth-order valence-corrected chi connectivity index (χ4v) is 5.12. The standard InChI is InChI=1S/C46H76O4/c1-3-5-7-9-11-13-15-17-19-21-22-23-24-25-26-28-30-32-34-36-38-40-42-49-44-45(43-47)50-46(48)41-39-37-35-33-31-29-27-20-18-16-14-12-10-8-6-4-2/h5,7,11,13-14,16-17,19-20,22-23,25-27,30,32,45,47H,3-4,6,8-10,12,15,18,21,24,28-29,31,33-44H2,1-2H3/b7-5-,13-11-,16-14-,19-17-,23-22-,26-25-,27-20-,32-30-. The number of aliphatic hydroxyl groups is 1. The number of hydrogen-bond donors (Lipinski definition) is 1. The molecule has 0 heterocycles. The lowest BCUT2D eigenvalue weighted by Crippen LogP contribution is -2.27. The first kappa shape index (κ1) is 47.3. The number of carbonyl (C=O) groups is 1. The van der Waals surface area contributed by atoms with Crippen LogP contribution in [0.2, 0.25) is 0 Å². The Kier molecular flexibility index (Phi) is 40.2. The van der Waals surface area contributed by atoms with Crippen LogP contribution in [0.5, 0.6) is 0 Å². The van der Waals surface area contributed by atoms with E-state index < -0.39 is 6.10 Å². The van der Waals surface area contributed by atoms with Crippen LogP contribution < -0.4 is 0 Å². The van der Waals surface area contributed by atoms with Crippen molar-refractivity contribution in [2.24, 2.45) is 0 Å². The van der Waals surface area contributed by atoms with E-state index in [4.69, 9.17) is 9.47 Å². The van der Waals surface area contributed by atoms with E-state index in [0.29, 0.717) is 13.0 Å². The minimum Gasteiger partial charge on any atom is -0.457 e. The molecule has 50 heavy (non-hydrogen) atoms. The van der Waals surface area contributed by atoms with Gasteiger partial charge in [-0.25, -0.2) is 0 Å². The van der Waals surface area contributed by atoms with E-state index in [0.717, 1.165) is 96.3 Å². The Bertz CT molecular complexity index is 949. The minimum atomic E-state index is -0.566. The highest BCUT2D eigenvalue weighted by atomic mass is 16.6. The fraction of sp³-hybridized carbons (Fsp3) is 0.630. The van der Waals surface area contributed by atoms with Gasteiger partial charge in [-0.1, -0.05) is 156 Å². The van der Waals surface area contributed by atoms with Gasteiger partial charge in [0.1, 0.15) is 6.10 Å². The maximum absolute atomic E-state index is 12.2. The van der Waals surface area contributed by atoms with E-state index in [9.17, 15) is 9.90 Å². The summed E-state index contributed by atoms with van der Waals surface area (Å²) in [4.78, 5) is 12.2. The van der Waals surface area contributed by atoms with E-state index in [1.165, 1.54) is 44.9 Å². The monoisotopic (exact) mass is 693 g/mol. The predicted molar refractivity (Wildman–Crippen MR) is 218 cm³/mol. The molecule has 0 rings (SSSR count). The van der Waals surface area contributed by atoms with Gasteiger partial charge in [0.25, 0.3) is 0 Å². The molecule has 1 atom stereocenters. The van der Waals surface area contributed by atoms with Crippen LogP contribution in [0.3, 0.4) is 0 Å². The molecule has 4 heteroatoms. The Morgan fingerprint density at radius 3 is 1.36 bits per heavy atom. The van der Waals surface area contributed by atoms with E-state index in [1.54, 1.807) is 0 Å². The summed E-state index contributed by atoms with van der Waals surface area (Å²) < 4.78 is 11.1. The molecule has 0 aromatic rings. The van der Waals surface area contributed by atoms with Gasteiger partial charge in [-0.15, -0.1) is 0 Å². The topological polar surface area (TPSA) is 55.8 Å². The van der Waals surface area contributed by atoms with Crippen molar-refractivity contribution in [1.29, 1.82) is 0 Å². The summed E-state index contributed by atoms with van der Waals surface area (Å²) in [6.07, 6.45) is 60.3. The zero-order valence-electron chi connectivity index (χ0n) is 32.4. The van der Waals surface area contributed by atoms with Crippen LogP contribution in [0.1, 0.15) is 162 Å². The largest absolute Gasteiger partial charge is 0.457 e. The highest BCUT2D eigenvalue weighted by Crippen LogP contribution is 2.10. The van der Waals surface area contributed by atoms with Gasteiger partial charge in [0.15, 0.2) is 0 Å². The van der Waals surface area contributed by atoms with Crippen LogP contribution in [0.25, 0.3) is 0 Å². The molecule has 0 saturated heterocycles. The summed E-state index contributed by atoms with van der Waals surface area (Å²) in [5.41, 5.74) is 0. The highest BCUT2D eigenvalue weighted by Gasteiger charge is 2.13. The van der Waals surface area contributed by atoms with Crippen molar-refractivity contribution in [3.8, 4) is 0 Å². The molecule has 0 aromatic heterocycles. The second-order valence-electron chi connectivity index (χ2n) is 13.0. The van der Waals surface area contributed by atoms with E-state index >= 15 is 0 Å². The number of carbonyl (C=O) groups excluding carboxylic acids is 1. The molecule has 0 aliphatic rings. The molecule has 0 aliphatic carbocycles. The van der Waals surface area contributed by atoms with Crippen molar-refractivity contribution < 1.29 is 19.4 Å². The van der Waals surface area contributed by atoms with E-state index in [-0.39, 0.29) is 19.2 Å². The highest BCUT2D eigenvalue weighted by molar-refractivity contribution is 5.69. The molecule has 0 amide bonds. The number of rotatable bonds is 36. The molecule has 0 spiro atoms. The quantitative estimate of drug-likeness (QED) is 0.0403. The van der Waals surface area contributed by atoms with Crippen molar-refractivity contribution in [2.75, 3.05) is 19.8 Å². The molecule has 0 saturated carbocycles. The van der Waals surface area contributed by atoms with Gasteiger partial charge in [0, 0.05) is 13.0 Å². The molecular formula is C46H76O4. The Morgan fingerprint density at radius 2 is 0.900 bits per heavy atom. The Labute approximate surface area is 309 Å². The Hall–Kier alpha value is -2.69. The third-order valence-corrected chi connectivity index (χ3v) is 8.14. The number of aliphatic hydroxyl groups excluding tert-OH is 1. The van der Waals surface area contributed by atoms with Crippen LogP contribution in [0, 0.1) is 0 Å². The number of allylic oxidation sites excluding steroid dienone is 16. The Balaban J connectivity index is 3.60. The number of ether oxygens (including phenoxy) is 2. The average molecular weight is 693 g/mol. The molecular weight excluding hydrogens is 617 g/mol. The van der Waals surface area contributed by atoms with Crippen LogP contribution in [0.4, 0.5) is 0 Å². The van der Waals surface area contributed by atoms with Crippen LogP contribution in [-0.4, -0.2) is 37.0 Å². The van der Waals surface area contributed by atoms with Gasteiger partial charge in [0.2, 0.25) is 0 Å². The SMILES string of the molecule is CC/C=C\C/C=C\C/C=C\C/C=C\C/C=C\C/C=C\CCCCCOCC(CO)OC(=O)CCCCCCC/C=C\C/C=C\CCCCCC. The fourth-order valence-electron chi connectivity index (χ4n) is 5.12. The van der Waals surface area contributed by atoms with Crippen molar-refractivity contribution >= 4 is 5.97 Å². The Morgan fingerprint density at radius 1 is 0.500 bits per heavy atom. The zero-order chi connectivity index (χ0) is 36.3. The number of unbranched alkanes of at least 4 members (excludes halogenated alkanes) is 12. The maximum Gasteiger partial charge on any atom is 0.306 e. The lowest BCUT2D eigenvalue weighted by atomic mass is 10.1. The third kappa shape index (κ3) is 39.7. The normalized spacial score (nSPS) is 13.4. The smallest absolute Gasteiger partial charge is 0.306 e. The van der Waals surface area contributed by atoms with Gasteiger partial charge in [-0.05, 0) is 96.3 Å². The van der Waals surface area contributed by atoms with Crippen LogP contribution >= 0.6 is 0 Å².